The smallest absolute Gasteiger partial charge is 0.283 e. The summed E-state index contributed by atoms with van der Waals surface area (Å²) in [5.74, 6) is 0.0858. The molecule has 2 aromatic rings. The number of amides is 1. The summed E-state index contributed by atoms with van der Waals surface area (Å²) in [6.45, 7) is 3.31. The fourth-order valence-electron chi connectivity index (χ4n) is 2.01. The number of rotatable bonds is 5. The number of methoxy groups -OCH3 is 1. The molecule has 2 N–H and O–H groups in total. The van der Waals surface area contributed by atoms with Gasteiger partial charge in [0.25, 0.3) is 5.91 Å². The fourth-order valence-corrected chi connectivity index (χ4v) is 3.04. The molecule has 22 heavy (non-hydrogen) atoms. The number of benzene rings is 1. The number of thiazole rings is 1. The summed E-state index contributed by atoms with van der Waals surface area (Å²) < 4.78 is 7.15. The van der Waals surface area contributed by atoms with Crippen molar-refractivity contribution in [3.05, 3.63) is 44.7 Å². The van der Waals surface area contributed by atoms with E-state index in [4.69, 9.17) is 22.1 Å². The molecule has 0 saturated heterocycles. The Morgan fingerprint density at radius 2 is 2.27 bits per heavy atom. The molecule has 0 atom stereocenters. The van der Waals surface area contributed by atoms with Crippen LogP contribution in [0.4, 0.5) is 0 Å². The Bertz CT molecular complexity index is 737. The van der Waals surface area contributed by atoms with Gasteiger partial charge in [-0.3, -0.25) is 4.79 Å². The molecule has 0 aliphatic heterocycles. The molecule has 118 valence electrons. The maximum Gasteiger partial charge on any atom is 0.283 e. The zero-order valence-electron chi connectivity index (χ0n) is 12.5. The van der Waals surface area contributed by atoms with E-state index in [1.54, 1.807) is 18.2 Å². The quantitative estimate of drug-likeness (QED) is 0.910. The molecule has 1 amide bonds. The van der Waals surface area contributed by atoms with Gasteiger partial charge in [0.15, 0.2) is 4.80 Å². The van der Waals surface area contributed by atoms with Gasteiger partial charge in [0.2, 0.25) is 0 Å². The van der Waals surface area contributed by atoms with Crippen LogP contribution < -0.4 is 15.3 Å². The van der Waals surface area contributed by atoms with Gasteiger partial charge in [0, 0.05) is 22.6 Å². The zero-order chi connectivity index (χ0) is 16.1. The van der Waals surface area contributed by atoms with E-state index in [1.807, 2.05) is 17.7 Å². The Hall–Kier alpha value is -1.63. The topological polar surface area (TPSA) is 69.6 Å². The van der Waals surface area contributed by atoms with Gasteiger partial charge >= 0.3 is 0 Å². The number of aryl methyl sites for hydroxylation is 2. The van der Waals surface area contributed by atoms with Gasteiger partial charge < -0.3 is 15.0 Å². The molecule has 0 radical (unpaired) electrons. The van der Waals surface area contributed by atoms with Gasteiger partial charge in [-0.25, -0.2) is 0 Å². The molecule has 7 heteroatoms. The minimum atomic E-state index is -0.373. The average Bonchev–Trinajstić information content (AvgIpc) is 2.84. The molecule has 0 spiro atoms. The first-order chi connectivity index (χ1) is 10.5. The van der Waals surface area contributed by atoms with Crippen LogP contribution in [0, 0.1) is 6.92 Å². The van der Waals surface area contributed by atoms with Crippen LogP contribution in [-0.4, -0.2) is 24.1 Å². The lowest BCUT2D eigenvalue weighted by atomic mass is 10.2. The van der Waals surface area contributed by atoms with Crippen molar-refractivity contribution in [2.24, 2.45) is 10.7 Å². The summed E-state index contributed by atoms with van der Waals surface area (Å²) in [6.07, 6.45) is 2.81. The number of nitrogens with two attached hydrogens (primary N) is 1. The van der Waals surface area contributed by atoms with E-state index in [0.29, 0.717) is 27.7 Å². The van der Waals surface area contributed by atoms with Crippen molar-refractivity contribution in [2.75, 3.05) is 13.7 Å². The van der Waals surface area contributed by atoms with E-state index >= 15 is 0 Å². The van der Waals surface area contributed by atoms with Crippen molar-refractivity contribution in [3.8, 4) is 5.75 Å². The number of carbonyl (C=O) groups is 1. The zero-order valence-corrected chi connectivity index (χ0v) is 14.1. The van der Waals surface area contributed by atoms with Gasteiger partial charge in [-0.05, 0) is 38.1 Å². The van der Waals surface area contributed by atoms with Crippen LogP contribution in [0.3, 0.4) is 0 Å². The lowest BCUT2D eigenvalue weighted by Crippen LogP contribution is -2.18. The molecular weight excluding hydrogens is 322 g/mol. The van der Waals surface area contributed by atoms with Gasteiger partial charge in [0.05, 0.1) is 12.7 Å². The molecule has 1 heterocycles. The Morgan fingerprint density at radius 3 is 2.95 bits per heavy atom. The highest BCUT2D eigenvalue weighted by Crippen LogP contribution is 2.23. The normalized spacial score (nSPS) is 11.7. The molecule has 0 fully saturated rings. The number of hydrogen-bond donors (Lipinski definition) is 1. The number of carbonyl (C=O) groups excluding carboxylic acids is 1. The fraction of sp³-hybridized carbons (Fsp3) is 0.333. The van der Waals surface area contributed by atoms with Gasteiger partial charge in [-0.1, -0.05) is 11.6 Å². The van der Waals surface area contributed by atoms with Crippen molar-refractivity contribution < 1.29 is 9.53 Å². The van der Waals surface area contributed by atoms with E-state index in [2.05, 4.69) is 4.99 Å². The van der Waals surface area contributed by atoms with Crippen LogP contribution in [0.1, 0.15) is 21.7 Å². The second-order valence-corrected chi connectivity index (χ2v) is 6.37. The van der Waals surface area contributed by atoms with Crippen LogP contribution >= 0.6 is 22.9 Å². The number of nitrogens with zero attached hydrogens (tertiary/aromatic N) is 2. The first kappa shape index (κ1) is 16.7. The van der Waals surface area contributed by atoms with Crippen molar-refractivity contribution >= 4 is 28.8 Å². The summed E-state index contributed by atoms with van der Waals surface area (Å²) >= 11 is 7.43. The molecule has 0 aliphatic carbocycles. The first-order valence-electron chi connectivity index (χ1n) is 6.84. The Balaban J connectivity index is 2.41. The minimum Gasteiger partial charge on any atom is -0.496 e. The minimum absolute atomic E-state index is 0.353. The molecule has 2 rings (SSSR count). The maximum atomic E-state index is 12.4. The van der Waals surface area contributed by atoms with E-state index in [0.717, 1.165) is 17.8 Å². The van der Waals surface area contributed by atoms with Crippen LogP contribution in [0.5, 0.6) is 5.75 Å². The number of halogens is 1. The van der Waals surface area contributed by atoms with E-state index in [9.17, 15) is 4.79 Å². The number of ether oxygens (including phenoxy) is 1. The summed E-state index contributed by atoms with van der Waals surface area (Å²) in [6, 6.07) is 4.90. The van der Waals surface area contributed by atoms with E-state index < -0.39 is 0 Å². The Morgan fingerprint density at radius 1 is 1.50 bits per heavy atom. The lowest BCUT2D eigenvalue weighted by Gasteiger charge is -2.05. The average molecular weight is 340 g/mol. The van der Waals surface area contributed by atoms with Crippen molar-refractivity contribution in [1.29, 1.82) is 0 Å². The molecular formula is C15H18ClN3O2S. The molecule has 5 nitrogen and oxygen atoms in total. The van der Waals surface area contributed by atoms with Crippen LogP contribution in [0.25, 0.3) is 0 Å². The van der Waals surface area contributed by atoms with Gasteiger partial charge in [0.1, 0.15) is 5.75 Å². The van der Waals surface area contributed by atoms with Crippen LogP contribution in [0.2, 0.25) is 5.02 Å². The molecule has 0 bridgehead atoms. The van der Waals surface area contributed by atoms with Crippen LogP contribution in [-0.2, 0) is 6.54 Å². The largest absolute Gasteiger partial charge is 0.496 e. The summed E-state index contributed by atoms with van der Waals surface area (Å²) in [4.78, 5) is 18.4. The highest BCUT2D eigenvalue weighted by atomic mass is 35.5. The van der Waals surface area contributed by atoms with Crippen molar-refractivity contribution in [3.63, 3.8) is 0 Å². The maximum absolute atomic E-state index is 12.4. The predicted molar refractivity (Wildman–Crippen MR) is 88.6 cm³/mol. The van der Waals surface area contributed by atoms with E-state index in [-0.39, 0.29) is 5.91 Å². The molecule has 1 aromatic heterocycles. The standard InChI is InChI=1S/C15H18ClN3O2S/c1-10-9-19(7-3-6-17)15(22-10)18-14(20)12-8-11(16)4-5-13(12)21-2/h4-5,8-9H,3,6-7,17H2,1-2H3/b18-15-. The predicted octanol–water partition coefficient (Wildman–Crippen LogP) is 2.61. The lowest BCUT2D eigenvalue weighted by molar-refractivity contribution is 0.0995. The monoisotopic (exact) mass is 339 g/mol. The second kappa shape index (κ2) is 7.58. The number of aromatic nitrogens is 1. The SMILES string of the molecule is COc1ccc(Cl)cc1C(=O)/N=c1\sc(C)cn1CCCN. The highest BCUT2D eigenvalue weighted by Gasteiger charge is 2.13. The summed E-state index contributed by atoms with van der Waals surface area (Å²) in [7, 11) is 1.51. The van der Waals surface area contributed by atoms with Crippen molar-refractivity contribution in [2.45, 2.75) is 19.9 Å². The first-order valence-corrected chi connectivity index (χ1v) is 8.04. The molecule has 1 aromatic carbocycles. The van der Waals surface area contributed by atoms with Gasteiger partial charge in [-0.15, -0.1) is 11.3 Å². The molecule has 0 saturated carbocycles. The Kier molecular flexibility index (Phi) is 5.76. The van der Waals surface area contributed by atoms with Crippen molar-refractivity contribution in [1.82, 2.24) is 4.57 Å². The van der Waals surface area contributed by atoms with Crippen LogP contribution in [0.15, 0.2) is 29.4 Å². The van der Waals surface area contributed by atoms with Gasteiger partial charge in [-0.2, -0.15) is 4.99 Å². The summed E-state index contributed by atoms with van der Waals surface area (Å²) in [5, 5.41) is 0.470. The molecule has 0 aliphatic rings. The third kappa shape index (κ3) is 3.97. The third-order valence-corrected chi connectivity index (χ3v) is 4.20. The number of hydrogen-bond acceptors (Lipinski definition) is 4. The summed E-state index contributed by atoms with van der Waals surface area (Å²) in [5.41, 5.74) is 5.89. The van der Waals surface area contributed by atoms with E-state index in [1.165, 1.54) is 18.4 Å². The Labute approximate surface area is 138 Å². The highest BCUT2D eigenvalue weighted by molar-refractivity contribution is 7.09. The third-order valence-electron chi connectivity index (χ3n) is 3.03. The second-order valence-electron chi connectivity index (χ2n) is 4.72. The molecule has 0 unspecified atom stereocenters.